The van der Waals surface area contributed by atoms with Crippen molar-refractivity contribution in [2.45, 2.75) is 32.5 Å². The lowest BCUT2D eigenvalue weighted by atomic mass is 10.0. The highest BCUT2D eigenvalue weighted by atomic mass is 19.1. The standard InChI is InChI=1S/C29H35FN6O3/c1-19(8-11-37-3)35-9-10-36(27-12-21(38-4)13-28(39-5)29(27)30)26-7-6-24-22(23(26)18-35)15-31-25(16-32-24)20-14-33-34(2)17-20/h6-7,12-14,16-17,19H,8-11,15,18H2,1-5H3. The number of aliphatic imine (C=N–C) groups is 2. The highest BCUT2D eigenvalue weighted by Crippen LogP contribution is 2.42. The summed E-state index contributed by atoms with van der Waals surface area (Å²) in [6.45, 7) is 5.36. The molecule has 2 aromatic carbocycles. The van der Waals surface area contributed by atoms with Crippen LogP contribution < -0.4 is 14.4 Å². The summed E-state index contributed by atoms with van der Waals surface area (Å²) in [7, 11) is 6.64. The average Bonchev–Trinajstić information content (AvgIpc) is 3.15. The zero-order valence-electron chi connectivity index (χ0n) is 23.1. The lowest BCUT2D eigenvalue weighted by Crippen LogP contribution is -2.36. The Morgan fingerprint density at radius 2 is 1.90 bits per heavy atom. The molecule has 0 radical (unpaired) electrons. The first-order valence-electron chi connectivity index (χ1n) is 13.1. The first kappa shape index (κ1) is 26.8. The Morgan fingerprint density at radius 1 is 1.05 bits per heavy atom. The van der Waals surface area contributed by atoms with Crippen LogP contribution >= 0.6 is 0 Å². The van der Waals surface area contributed by atoms with Crippen molar-refractivity contribution < 1.29 is 18.6 Å². The van der Waals surface area contributed by atoms with Gasteiger partial charge in [0.05, 0.1) is 50.3 Å². The van der Waals surface area contributed by atoms with Gasteiger partial charge in [0.1, 0.15) is 5.75 Å². The second-order valence-corrected chi connectivity index (χ2v) is 9.84. The maximum atomic E-state index is 15.8. The minimum absolute atomic E-state index is 0.144. The van der Waals surface area contributed by atoms with Crippen molar-refractivity contribution in [1.29, 1.82) is 0 Å². The molecule has 0 saturated carbocycles. The summed E-state index contributed by atoms with van der Waals surface area (Å²) < 4.78 is 33.7. The number of fused-ring (bicyclic) bond motifs is 3. The first-order valence-corrected chi connectivity index (χ1v) is 13.1. The van der Waals surface area contributed by atoms with Gasteiger partial charge in [0, 0.05) is 81.6 Å². The van der Waals surface area contributed by atoms with Crippen LogP contribution in [-0.4, -0.2) is 73.7 Å². The van der Waals surface area contributed by atoms with Gasteiger partial charge >= 0.3 is 0 Å². The number of ether oxygens (including phenoxy) is 3. The van der Waals surface area contributed by atoms with E-state index < -0.39 is 5.82 Å². The van der Waals surface area contributed by atoms with Crippen molar-refractivity contribution in [2.24, 2.45) is 17.0 Å². The van der Waals surface area contributed by atoms with Gasteiger partial charge in [-0.3, -0.25) is 19.6 Å². The molecule has 9 nitrogen and oxygen atoms in total. The monoisotopic (exact) mass is 534 g/mol. The molecule has 0 fully saturated rings. The SMILES string of the molecule is COCCC(C)N1CCN(c2cc(OC)cc(OC)c2F)c2ccc3c(c2C1)CN=C(c1cnn(C)c1)C=N3. The van der Waals surface area contributed by atoms with Crippen LogP contribution in [0.15, 0.2) is 46.6 Å². The summed E-state index contributed by atoms with van der Waals surface area (Å²) in [5.74, 6) is 0.255. The molecular formula is C29H35FN6O3. The van der Waals surface area contributed by atoms with Gasteiger partial charge < -0.3 is 19.1 Å². The quantitative estimate of drug-likeness (QED) is 0.419. The van der Waals surface area contributed by atoms with E-state index in [0.29, 0.717) is 37.7 Å². The Morgan fingerprint density at radius 3 is 2.62 bits per heavy atom. The van der Waals surface area contributed by atoms with Crippen LogP contribution in [0.1, 0.15) is 30.0 Å². The van der Waals surface area contributed by atoms with Crippen molar-refractivity contribution in [3.05, 3.63) is 59.2 Å². The van der Waals surface area contributed by atoms with Crippen molar-refractivity contribution in [3.63, 3.8) is 0 Å². The molecule has 2 aliphatic rings. The molecule has 3 heterocycles. The number of methoxy groups -OCH3 is 3. The minimum atomic E-state index is -0.421. The lowest BCUT2D eigenvalue weighted by Gasteiger charge is -2.28. The molecule has 1 unspecified atom stereocenters. The Kier molecular flexibility index (Phi) is 7.94. The van der Waals surface area contributed by atoms with E-state index in [0.717, 1.165) is 46.7 Å². The molecular weight excluding hydrogens is 499 g/mol. The highest BCUT2D eigenvalue weighted by Gasteiger charge is 2.30. The van der Waals surface area contributed by atoms with E-state index in [4.69, 9.17) is 24.2 Å². The van der Waals surface area contributed by atoms with E-state index in [9.17, 15) is 0 Å². The summed E-state index contributed by atoms with van der Waals surface area (Å²) in [6.07, 6.45) is 6.42. The number of anilines is 2. The topological polar surface area (TPSA) is 76.7 Å². The molecule has 10 heteroatoms. The van der Waals surface area contributed by atoms with Gasteiger partial charge in [0.15, 0.2) is 11.6 Å². The molecule has 0 saturated heterocycles. The molecule has 0 bridgehead atoms. The van der Waals surface area contributed by atoms with Gasteiger partial charge in [0.2, 0.25) is 0 Å². The molecule has 39 heavy (non-hydrogen) atoms. The van der Waals surface area contributed by atoms with E-state index in [-0.39, 0.29) is 11.8 Å². The van der Waals surface area contributed by atoms with E-state index in [1.54, 1.807) is 43.4 Å². The van der Waals surface area contributed by atoms with Crippen molar-refractivity contribution >= 4 is 29.0 Å². The summed E-state index contributed by atoms with van der Waals surface area (Å²) in [5, 5.41) is 4.28. The zero-order valence-corrected chi connectivity index (χ0v) is 23.1. The smallest absolute Gasteiger partial charge is 0.188 e. The lowest BCUT2D eigenvalue weighted by molar-refractivity contribution is 0.137. The Bertz CT molecular complexity index is 1400. The number of nitrogens with zero attached hydrogens (tertiary/aromatic N) is 6. The fraction of sp³-hybridized carbons (Fsp3) is 0.414. The van der Waals surface area contributed by atoms with Crippen LogP contribution in [0.25, 0.3) is 0 Å². The third kappa shape index (κ3) is 5.39. The Labute approximate surface area is 228 Å². The molecule has 0 N–H and O–H groups in total. The van der Waals surface area contributed by atoms with E-state index in [2.05, 4.69) is 16.9 Å². The second kappa shape index (κ2) is 11.5. The minimum Gasteiger partial charge on any atom is -0.497 e. The van der Waals surface area contributed by atoms with Crippen LogP contribution in [0.5, 0.6) is 11.5 Å². The summed E-state index contributed by atoms with van der Waals surface area (Å²) >= 11 is 0. The van der Waals surface area contributed by atoms with Gasteiger partial charge in [-0.25, -0.2) is 4.39 Å². The average molecular weight is 535 g/mol. The van der Waals surface area contributed by atoms with Crippen LogP contribution in [0.2, 0.25) is 0 Å². The van der Waals surface area contributed by atoms with E-state index in [1.165, 1.54) is 7.11 Å². The predicted octanol–water partition coefficient (Wildman–Crippen LogP) is 4.66. The van der Waals surface area contributed by atoms with Gasteiger partial charge in [-0.1, -0.05) is 0 Å². The van der Waals surface area contributed by atoms with Crippen molar-refractivity contribution in [3.8, 4) is 11.5 Å². The number of halogens is 1. The molecule has 0 amide bonds. The largest absolute Gasteiger partial charge is 0.497 e. The maximum Gasteiger partial charge on any atom is 0.188 e. The third-order valence-corrected chi connectivity index (χ3v) is 7.48. The number of aromatic nitrogens is 2. The van der Waals surface area contributed by atoms with Crippen molar-refractivity contribution in [2.75, 3.05) is 45.9 Å². The normalized spacial score (nSPS) is 16.2. The fourth-order valence-corrected chi connectivity index (χ4v) is 5.20. The molecule has 1 aromatic heterocycles. The van der Waals surface area contributed by atoms with Crippen LogP contribution in [0, 0.1) is 5.82 Å². The third-order valence-electron chi connectivity index (χ3n) is 7.48. The van der Waals surface area contributed by atoms with E-state index >= 15 is 4.39 Å². The number of hydrogen-bond donors (Lipinski definition) is 0. The molecule has 206 valence electrons. The predicted molar refractivity (Wildman–Crippen MR) is 151 cm³/mol. The molecule has 2 aliphatic heterocycles. The molecule has 0 spiro atoms. The Hall–Kier alpha value is -3.76. The Balaban J connectivity index is 1.62. The van der Waals surface area contributed by atoms with Crippen molar-refractivity contribution in [1.82, 2.24) is 14.7 Å². The highest BCUT2D eigenvalue weighted by molar-refractivity contribution is 6.38. The fourth-order valence-electron chi connectivity index (χ4n) is 5.20. The van der Waals surface area contributed by atoms with Gasteiger partial charge in [-0.2, -0.15) is 5.10 Å². The van der Waals surface area contributed by atoms with Crippen LogP contribution in [0.4, 0.5) is 21.5 Å². The number of hydrogen-bond acceptors (Lipinski definition) is 8. The number of benzene rings is 2. The van der Waals surface area contributed by atoms with Gasteiger partial charge in [0.25, 0.3) is 0 Å². The van der Waals surface area contributed by atoms with Gasteiger partial charge in [-0.05, 0) is 31.0 Å². The molecule has 0 aliphatic carbocycles. The van der Waals surface area contributed by atoms with E-state index in [1.807, 2.05) is 30.3 Å². The molecule has 3 aromatic rings. The first-order chi connectivity index (χ1) is 18.9. The summed E-state index contributed by atoms with van der Waals surface area (Å²) in [5.41, 5.74) is 6.04. The zero-order chi connectivity index (χ0) is 27.5. The number of rotatable bonds is 8. The second-order valence-electron chi connectivity index (χ2n) is 9.84. The van der Waals surface area contributed by atoms with Crippen LogP contribution in [0.3, 0.4) is 0 Å². The summed E-state index contributed by atoms with van der Waals surface area (Å²) in [6, 6.07) is 7.60. The molecule has 1 atom stereocenters. The van der Waals surface area contributed by atoms with Gasteiger partial charge in [-0.15, -0.1) is 0 Å². The maximum absolute atomic E-state index is 15.8. The van der Waals surface area contributed by atoms with Crippen LogP contribution in [-0.2, 0) is 24.9 Å². The number of aryl methyl sites for hydroxylation is 1. The molecule has 5 rings (SSSR count). The summed E-state index contributed by atoms with van der Waals surface area (Å²) in [4.78, 5) is 14.2.